The monoisotopic (exact) mass is 282 g/mol. The fourth-order valence-electron chi connectivity index (χ4n) is 3.16. The van der Waals surface area contributed by atoms with Gasteiger partial charge in [0, 0.05) is 13.0 Å². The molecule has 1 aliphatic carbocycles. The molecule has 0 spiro atoms. The van der Waals surface area contributed by atoms with Crippen molar-refractivity contribution in [3.8, 4) is 0 Å². The number of carbonyl (C=O) groups is 1. The molecule has 0 aliphatic heterocycles. The summed E-state index contributed by atoms with van der Waals surface area (Å²) in [6.07, 6.45) is 9.14. The van der Waals surface area contributed by atoms with Crippen LogP contribution < -0.4 is 11.1 Å². The fourth-order valence-corrected chi connectivity index (χ4v) is 3.16. The van der Waals surface area contributed by atoms with E-state index in [1.54, 1.807) is 0 Å². The van der Waals surface area contributed by atoms with E-state index in [9.17, 15) is 4.79 Å². The Bertz CT molecular complexity index is 281. The van der Waals surface area contributed by atoms with Crippen molar-refractivity contribution in [3.63, 3.8) is 0 Å². The summed E-state index contributed by atoms with van der Waals surface area (Å²) in [5.74, 6) is 1.85. The number of hydrogen-bond acceptors (Lipinski definition) is 2. The Labute approximate surface area is 125 Å². The number of carbonyl (C=O) groups excluding carboxylic acids is 1. The molecule has 0 bridgehead atoms. The van der Waals surface area contributed by atoms with E-state index in [-0.39, 0.29) is 11.3 Å². The second kappa shape index (κ2) is 8.66. The van der Waals surface area contributed by atoms with Crippen LogP contribution in [0, 0.1) is 17.3 Å². The van der Waals surface area contributed by atoms with Gasteiger partial charge in [-0.1, -0.05) is 40.0 Å². The van der Waals surface area contributed by atoms with E-state index >= 15 is 0 Å². The number of hydrogen-bond donors (Lipinski definition) is 2. The Kier molecular flexibility index (Phi) is 7.57. The lowest BCUT2D eigenvalue weighted by Gasteiger charge is -2.28. The molecule has 118 valence electrons. The van der Waals surface area contributed by atoms with Crippen molar-refractivity contribution in [3.05, 3.63) is 0 Å². The highest BCUT2D eigenvalue weighted by atomic mass is 16.1. The summed E-state index contributed by atoms with van der Waals surface area (Å²) in [4.78, 5) is 11.9. The third kappa shape index (κ3) is 6.74. The topological polar surface area (TPSA) is 55.1 Å². The van der Waals surface area contributed by atoms with Gasteiger partial charge in [0.05, 0.1) is 0 Å². The van der Waals surface area contributed by atoms with Crippen LogP contribution in [0.5, 0.6) is 0 Å². The molecule has 3 nitrogen and oxygen atoms in total. The average Bonchev–Trinajstić information content (AvgIpc) is 2.43. The van der Waals surface area contributed by atoms with Crippen LogP contribution in [0.15, 0.2) is 0 Å². The van der Waals surface area contributed by atoms with Gasteiger partial charge < -0.3 is 11.1 Å². The minimum Gasteiger partial charge on any atom is -0.356 e. The molecule has 0 radical (unpaired) electrons. The van der Waals surface area contributed by atoms with E-state index in [1.807, 2.05) is 0 Å². The van der Waals surface area contributed by atoms with Crippen molar-refractivity contribution >= 4 is 5.91 Å². The maximum absolute atomic E-state index is 11.9. The quantitative estimate of drug-likeness (QED) is 0.716. The predicted octanol–water partition coefficient (Wildman–Crippen LogP) is 3.47. The third-order valence-corrected chi connectivity index (χ3v) is 4.98. The zero-order valence-electron chi connectivity index (χ0n) is 13.7. The molecule has 0 aromatic rings. The lowest BCUT2D eigenvalue weighted by molar-refractivity contribution is -0.121. The van der Waals surface area contributed by atoms with Crippen molar-refractivity contribution in [2.45, 2.75) is 72.1 Å². The van der Waals surface area contributed by atoms with E-state index in [0.717, 1.165) is 25.3 Å². The summed E-state index contributed by atoms with van der Waals surface area (Å²) in [5, 5.41) is 3.13. The van der Waals surface area contributed by atoms with Crippen LogP contribution in [0.3, 0.4) is 0 Å². The zero-order chi connectivity index (χ0) is 15.0. The van der Waals surface area contributed by atoms with E-state index in [4.69, 9.17) is 5.73 Å². The molecule has 3 heteroatoms. The highest BCUT2D eigenvalue weighted by molar-refractivity contribution is 5.75. The molecule has 1 saturated carbocycles. The largest absolute Gasteiger partial charge is 0.356 e. The van der Waals surface area contributed by atoms with Gasteiger partial charge in [-0.15, -0.1) is 0 Å². The molecule has 0 aromatic heterocycles. The van der Waals surface area contributed by atoms with Crippen LogP contribution in [0.2, 0.25) is 0 Å². The van der Waals surface area contributed by atoms with Crippen LogP contribution in [0.1, 0.15) is 72.1 Å². The molecule has 0 unspecified atom stereocenters. The molecule has 0 atom stereocenters. The maximum Gasteiger partial charge on any atom is 0.220 e. The lowest BCUT2D eigenvalue weighted by atomic mass is 9.81. The molecule has 0 heterocycles. The van der Waals surface area contributed by atoms with Crippen LogP contribution in [0.4, 0.5) is 0 Å². The van der Waals surface area contributed by atoms with Gasteiger partial charge in [0.25, 0.3) is 0 Å². The minimum atomic E-state index is 0.186. The van der Waals surface area contributed by atoms with Gasteiger partial charge in [-0.05, 0) is 49.5 Å². The Morgan fingerprint density at radius 3 is 2.30 bits per heavy atom. The van der Waals surface area contributed by atoms with E-state index < -0.39 is 0 Å². The smallest absolute Gasteiger partial charge is 0.220 e. The SMILES string of the molecule is CCC1CCC(CNC(=O)CCC(C)(C)CCN)CC1. The third-order valence-electron chi connectivity index (χ3n) is 4.98. The first-order valence-electron chi connectivity index (χ1n) is 8.43. The van der Waals surface area contributed by atoms with E-state index in [2.05, 4.69) is 26.1 Å². The van der Waals surface area contributed by atoms with Gasteiger partial charge in [0.1, 0.15) is 0 Å². The molecule has 0 aromatic carbocycles. The van der Waals surface area contributed by atoms with Crippen molar-refractivity contribution in [2.24, 2.45) is 23.0 Å². The van der Waals surface area contributed by atoms with Crippen molar-refractivity contribution in [1.82, 2.24) is 5.32 Å². The van der Waals surface area contributed by atoms with Gasteiger partial charge in [-0.2, -0.15) is 0 Å². The Balaban J connectivity index is 2.14. The number of rotatable bonds is 8. The Morgan fingerprint density at radius 1 is 1.15 bits per heavy atom. The average molecular weight is 282 g/mol. The molecule has 0 saturated heterocycles. The summed E-state index contributed by atoms with van der Waals surface area (Å²) in [5.41, 5.74) is 5.79. The molecule has 3 N–H and O–H groups in total. The fraction of sp³-hybridized carbons (Fsp3) is 0.941. The van der Waals surface area contributed by atoms with Crippen LogP contribution >= 0.6 is 0 Å². The maximum atomic E-state index is 11.9. The summed E-state index contributed by atoms with van der Waals surface area (Å²) in [6, 6.07) is 0. The number of nitrogens with two attached hydrogens (primary N) is 1. The summed E-state index contributed by atoms with van der Waals surface area (Å²) in [7, 11) is 0. The molecule has 20 heavy (non-hydrogen) atoms. The standard InChI is InChI=1S/C17H34N2O/c1-4-14-5-7-15(8-6-14)13-19-16(20)9-10-17(2,3)11-12-18/h14-15H,4-13,18H2,1-3H3,(H,19,20). The minimum absolute atomic E-state index is 0.186. The van der Waals surface area contributed by atoms with Gasteiger partial charge in [0.15, 0.2) is 0 Å². The molecule has 1 fully saturated rings. The van der Waals surface area contributed by atoms with Gasteiger partial charge in [-0.25, -0.2) is 0 Å². The summed E-state index contributed by atoms with van der Waals surface area (Å²) >= 11 is 0. The Hall–Kier alpha value is -0.570. The van der Waals surface area contributed by atoms with Crippen molar-refractivity contribution in [2.75, 3.05) is 13.1 Å². The Morgan fingerprint density at radius 2 is 1.75 bits per heavy atom. The first-order valence-corrected chi connectivity index (χ1v) is 8.43. The lowest BCUT2D eigenvalue weighted by Crippen LogP contribution is -2.32. The van der Waals surface area contributed by atoms with Crippen molar-refractivity contribution < 1.29 is 4.79 Å². The first kappa shape index (κ1) is 17.5. The van der Waals surface area contributed by atoms with Gasteiger partial charge in [-0.3, -0.25) is 4.79 Å². The second-order valence-corrected chi connectivity index (χ2v) is 7.30. The summed E-state index contributed by atoms with van der Waals surface area (Å²) < 4.78 is 0. The van der Waals surface area contributed by atoms with Gasteiger partial charge >= 0.3 is 0 Å². The molecule has 1 aliphatic rings. The molecule has 1 rings (SSSR count). The second-order valence-electron chi connectivity index (χ2n) is 7.30. The summed E-state index contributed by atoms with van der Waals surface area (Å²) in [6.45, 7) is 8.26. The van der Waals surface area contributed by atoms with Crippen molar-refractivity contribution in [1.29, 1.82) is 0 Å². The van der Waals surface area contributed by atoms with E-state index in [0.29, 0.717) is 18.9 Å². The van der Waals surface area contributed by atoms with Crippen LogP contribution in [-0.4, -0.2) is 19.0 Å². The van der Waals surface area contributed by atoms with Crippen LogP contribution in [0.25, 0.3) is 0 Å². The zero-order valence-corrected chi connectivity index (χ0v) is 13.7. The molecular formula is C17H34N2O. The molecule has 1 amide bonds. The van der Waals surface area contributed by atoms with Crippen LogP contribution in [-0.2, 0) is 4.79 Å². The highest BCUT2D eigenvalue weighted by Crippen LogP contribution is 2.30. The molecular weight excluding hydrogens is 248 g/mol. The normalized spacial score (nSPS) is 23.6. The number of nitrogens with one attached hydrogen (secondary N) is 1. The first-order chi connectivity index (χ1) is 9.46. The van der Waals surface area contributed by atoms with E-state index in [1.165, 1.54) is 32.1 Å². The predicted molar refractivity (Wildman–Crippen MR) is 85.4 cm³/mol. The number of amides is 1. The van der Waals surface area contributed by atoms with Gasteiger partial charge in [0.2, 0.25) is 5.91 Å². The highest BCUT2D eigenvalue weighted by Gasteiger charge is 2.21.